The highest BCUT2D eigenvalue weighted by molar-refractivity contribution is 5.23. The number of hydroxylamine groups is 2. The van der Waals surface area contributed by atoms with E-state index in [9.17, 15) is 5.21 Å². The van der Waals surface area contributed by atoms with E-state index in [0.717, 1.165) is 11.1 Å². The summed E-state index contributed by atoms with van der Waals surface area (Å²) in [5, 5.41) is 14.1. The molecule has 1 heterocycles. The Morgan fingerprint density at radius 2 is 1.36 bits per heavy atom. The quantitative estimate of drug-likeness (QED) is 0.861. The normalized spacial score (nSPS) is 20.1. The average molecular weight is 296 g/mol. The predicted octanol–water partition coefficient (Wildman–Crippen LogP) is 3.78. The van der Waals surface area contributed by atoms with Gasteiger partial charge in [0.25, 0.3) is 0 Å². The molecular formula is C19H22NO2-. The van der Waals surface area contributed by atoms with Gasteiger partial charge in [0, 0.05) is 18.4 Å². The molecule has 0 unspecified atom stereocenters. The molecule has 0 atom stereocenters. The smallest absolute Gasteiger partial charge is 0.119 e. The van der Waals surface area contributed by atoms with E-state index in [1.165, 1.54) is 5.06 Å². The van der Waals surface area contributed by atoms with Gasteiger partial charge in [-0.3, -0.25) is 0 Å². The van der Waals surface area contributed by atoms with Crippen molar-refractivity contribution in [3.63, 3.8) is 0 Å². The summed E-state index contributed by atoms with van der Waals surface area (Å²) in [6, 6.07) is 20.2. The molecule has 2 aromatic rings. The Hall–Kier alpha value is -1.68. The van der Waals surface area contributed by atoms with Crippen LogP contribution in [0.15, 0.2) is 60.7 Å². The largest absolute Gasteiger partial charge is 0.783 e. The lowest BCUT2D eigenvalue weighted by Crippen LogP contribution is -2.51. The number of hydrogen-bond donors (Lipinski definition) is 0. The van der Waals surface area contributed by atoms with Crippen molar-refractivity contribution >= 4 is 0 Å². The second kappa shape index (κ2) is 5.84. The maximum absolute atomic E-state index is 12.9. The molecule has 1 fully saturated rings. The van der Waals surface area contributed by atoms with E-state index < -0.39 is 11.3 Å². The highest BCUT2D eigenvalue weighted by atomic mass is 16.6. The fraction of sp³-hybridized carbons (Fsp3) is 0.368. The SMILES string of the molecule is CC1(C)COC(Cc2ccccc2)(Cc2ccccc2)N1[O-]. The molecule has 0 aliphatic carbocycles. The first-order valence-corrected chi connectivity index (χ1v) is 7.71. The third-order valence-corrected chi connectivity index (χ3v) is 4.26. The highest BCUT2D eigenvalue weighted by Gasteiger charge is 2.46. The third kappa shape index (κ3) is 2.93. The topological polar surface area (TPSA) is 35.5 Å². The minimum atomic E-state index is -0.827. The van der Waals surface area contributed by atoms with Crippen molar-refractivity contribution in [3.8, 4) is 0 Å². The van der Waals surface area contributed by atoms with Crippen LogP contribution in [0.2, 0.25) is 0 Å². The van der Waals surface area contributed by atoms with Gasteiger partial charge >= 0.3 is 0 Å². The van der Waals surface area contributed by atoms with Crippen molar-refractivity contribution < 1.29 is 4.74 Å². The van der Waals surface area contributed by atoms with Gasteiger partial charge in [0.15, 0.2) is 0 Å². The summed E-state index contributed by atoms with van der Waals surface area (Å²) < 4.78 is 6.09. The Kier molecular flexibility index (Phi) is 4.04. The fourth-order valence-electron chi connectivity index (χ4n) is 3.12. The van der Waals surface area contributed by atoms with E-state index in [4.69, 9.17) is 4.74 Å². The lowest BCUT2D eigenvalue weighted by Gasteiger charge is -2.47. The molecule has 0 radical (unpaired) electrons. The second-order valence-electron chi connectivity index (χ2n) is 6.67. The standard InChI is InChI=1S/C19H22NO2/c1-18(2)15-22-19(20(18)21,13-16-9-5-3-6-10-16)14-17-11-7-4-8-12-17/h3-12H,13-15H2,1-2H3/q-1. The zero-order chi connectivity index (χ0) is 15.6. The molecule has 1 saturated heterocycles. The third-order valence-electron chi connectivity index (χ3n) is 4.26. The van der Waals surface area contributed by atoms with E-state index in [1.54, 1.807) is 0 Å². The Morgan fingerprint density at radius 1 is 0.909 bits per heavy atom. The summed E-state index contributed by atoms with van der Waals surface area (Å²) in [5.74, 6) is 0. The summed E-state index contributed by atoms with van der Waals surface area (Å²) in [7, 11) is 0. The molecule has 3 nitrogen and oxygen atoms in total. The van der Waals surface area contributed by atoms with Crippen molar-refractivity contribution in [1.29, 1.82) is 0 Å². The van der Waals surface area contributed by atoms with Crippen LogP contribution in [0, 0.1) is 5.21 Å². The molecule has 22 heavy (non-hydrogen) atoms. The molecule has 3 heteroatoms. The van der Waals surface area contributed by atoms with Crippen LogP contribution in [-0.2, 0) is 17.6 Å². The zero-order valence-corrected chi connectivity index (χ0v) is 13.2. The summed E-state index contributed by atoms with van der Waals surface area (Å²) in [6.45, 7) is 4.34. The number of benzene rings is 2. The van der Waals surface area contributed by atoms with Gasteiger partial charge in [0.2, 0.25) is 0 Å². The number of ether oxygens (including phenoxy) is 1. The predicted molar refractivity (Wildman–Crippen MR) is 88.3 cm³/mol. The van der Waals surface area contributed by atoms with E-state index in [0.29, 0.717) is 19.4 Å². The first-order valence-electron chi connectivity index (χ1n) is 7.71. The van der Waals surface area contributed by atoms with Gasteiger partial charge in [0.1, 0.15) is 5.72 Å². The first-order chi connectivity index (χ1) is 10.5. The molecule has 0 spiro atoms. The fourth-order valence-corrected chi connectivity index (χ4v) is 3.12. The lowest BCUT2D eigenvalue weighted by molar-refractivity contribution is -0.0666. The average Bonchev–Trinajstić information content (AvgIpc) is 2.74. The molecule has 0 N–H and O–H groups in total. The van der Waals surface area contributed by atoms with Crippen LogP contribution in [0.1, 0.15) is 25.0 Å². The van der Waals surface area contributed by atoms with E-state index in [2.05, 4.69) is 24.3 Å². The molecular weight excluding hydrogens is 274 g/mol. The first kappa shape index (κ1) is 15.2. The summed E-state index contributed by atoms with van der Waals surface area (Å²) in [6.07, 6.45) is 1.19. The van der Waals surface area contributed by atoms with Gasteiger partial charge in [-0.15, -0.1) is 0 Å². The van der Waals surface area contributed by atoms with Crippen molar-refractivity contribution in [2.75, 3.05) is 6.61 Å². The minimum Gasteiger partial charge on any atom is -0.783 e. The maximum Gasteiger partial charge on any atom is 0.119 e. The molecule has 0 saturated carbocycles. The van der Waals surface area contributed by atoms with Crippen molar-refractivity contribution in [2.45, 2.75) is 38.0 Å². The van der Waals surface area contributed by atoms with Gasteiger partial charge in [-0.05, 0) is 25.0 Å². The van der Waals surface area contributed by atoms with E-state index >= 15 is 0 Å². The van der Waals surface area contributed by atoms with Crippen molar-refractivity contribution in [3.05, 3.63) is 77.0 Å². The second-order valence-corrected chi connectivity index (χ2v) is 6.67. The van der Waals surface area contributed by atoms with Crippen molar-refractivity contribution in [2.24, 2.45) is 0 Å². The molecule has 1 aliphatic heterocycles. The van der Waals surface area contributed by atoms with Crippen LogP contribution < -0.4 is 0 Å². The maximum atomic E-state index is 12.9. The van der Waals surface area contributed by atoms with Crippen LogP contribution in [0.3, 0.4) is 0 Å². The summed E-state index contributed by atoms with van der Waals surface area (Å²) >= 11 is 0. The molecule has 0 aromatic heterocycles. The van der Waals surface area contributed by atoms with Crippen LogP contribution >= 0.6 is 0 Å². The summed E-state index contributed by atoms with van der Waals surface area (Å²) in [4.78, 5) is 0. The number of nitrogens with zero attached hydrogens (tertiary/aromatic N) is 1. The Balaban J connectivity index is 1.92. The van der Waals surface area contributed by atoms with Gasteiger partial charge in [-0.1, -0.05) is 60.7 Å². The van der Waals surface area contributed by atoms with Crippen molar-refractivity contribution in [1.82, 2.24) is 5.06 Å². The Morgan fingerprint density at radius 3 is 1.73 bits per heavy atom. The van der Waals surface area contributed by atoms with Gasteiger partial charge in [-0.2, -0.15) is 0 Å². The molecule has 3 rings (SSSR count). The molecule has 2 aromatic carbocycles. The monoisotopic (exact) mass is 296 g/mol. The lowest BCUT2D eigenvalue weighted by atomic mass is 9.93. The Labute approximate surface area is 132 Å². The number of hydrogen-bond acceptors (Lipinski definition) is 3. The van der Waals surface area contributed by atoms with Gasteiger partial charge in [0.05, 0.1) is 6.61 Å². The molecule has 0 amide bonds. The van der Waals surface area contributed by atoms with Gasteiger partial charge in [-0.25, -0.2) is 0 Å². The zero-order valence-electron chi connectivity index (χ0n) is 13.2. The van der Waals surface area contributed by atoms with Crippen LogP contribution in [0.5, 0.6) is 0 Å². The van der Waals surface area contributed by atoms with E-state index in [1.807, 2.05) is 50.2 Å². The number of rotatable bonds is 4. The molecule has 1 aliphatic rings. The minimum absolute atomic E-state index is 0.455. The molecule has 116 valence electrons. The highest BCUT2D eigenvalue weighted by Crippen LogP contribution is 2.38. The van der Waals surface area contributed by atoms with Gasteiger partial charge < -0.3 is 15.0 Å². The van der Waals surface area contributed by atoms with Crippen LogP contribution in [-0.4, -0.2) is 22.9 Å². The van der Waals surface area contributed by atoms with Crippen LogP contribution in [0.25, 0.3) is 0 Å². The summed E-state index contributed by atoms with van der Waals surface area (Å²) in [5.41, 5.74) is 0.921. The molecule has 0 bridgehead atoms. The Bertz CT molecular complexity index is 568. The van der Waals surface area contributed by atoms with E-state index in [-0.39, 0.29) is 0 Å². The van der Waals surface area contributed by atoms with Crippen LogP contribution in [0.4, 0.5) is 0 Å².